The molecule has 0 unspecified atom stereocenters. The zero-order chi connectivity index (χ0) is 13.0. The number of aliphatic hydroxyl groups is 1. The van der Waals surface area contributed by atoms with Crippen LogP contribution in [-0.2, 0) is 16.6 Å². The molecule has 0 atom stereocenters. The lowest BCUT2D eigenvalue weighted by atomic mass is 9.96. The highest BCUT2D eigenvalue weighted by atomic mass is 32.2. The second kappa shape index (κ2) is 5.82. The monoisotopic (exact) mass is 269 g/mol. The van der Waals surface area contributed by atoms with Crippen molar-refractivity contribution in [2.24, 2.45) is 0 Å². The summed E-state index contributed by atoms with van der Waals surface area (Å²) < 4.78 is 27.0. The maximum absolute atomic E-state index is 12.1. The molecule has 1 aromatic rings. The molecule has 0 heterocycles. The van der Waals surface area contributed by atoms with Gasteiger partial charge in [0.05, 0.1) is 11.5 Å². The molecule has 4 nitrogen and oxygen atoms in total. The fourth-order valence-corrected chi connectivity index (χ4v) is 3.59. The first-order valence-electron chi connectivity index (χ1n) is 6.34. The first-order chi connectivity index (χ1) is 8.62. The van der Waals surface area contributed by atoms with E-state index in [1.807, 2.05) is 0 Å². The SMILES string of the molecule is O=S(=O)(NC1CCCCC1)c1ccc(CO)cc1. The zero-order valence-corrected chi connectivity index (χ0v) is 11.1. The summed E-state index contributed by atoms with van der Waals surface area (Å²) in [7, 11) is -3.42. The van der Waals surface area contributed by atoms with Gasteiger partial charge in [0.1, 0.15) is 0 Å². The van der Waals surface area contributed by atoms with Gasteiger partial charge in [0.2, 0.25) is 10.0 Å². The number of hydrogen-bond acceptors (Lipinski definition) is 3. The molecular formula is C13H19NO3S. The summed E-state index contributed by atoms with van der Waals surface area (Å²) in [5, 5.41) is 8.93. The van der Waals surface area contributed by atoms with Gasteiger partial charge in [-0.2, -0.15) is 0 Å². The van der Waals surface area contributed by atoms with Crippen molar-refractivity contribution < 1.29 is 13.5 Å². The minimum absolute atomic E-state index is 0.0706. The third-order valence-corrected chi connectivity index (χ3v) is 4.88. The fraction of sp³-hybridized carbons (Fsp3) is 0.538. The predicted octanol–water partition coefficient (Wildman–Crippen LogP) is 1.79. The van der Waals surface area contributed by atoms with Gasteiger partial charge in [-0.05, 0) is 30.5 Å². The van der Waals surface area contributed by atoms with Gasteiger partial charge in [0.25, 0.3) is 0 Å². The van der Waals surface area contributed by atoms with Gasteiger partial charge in [-0.3, -0.25) is 0 Å². The van der Waals surface area contributed by atoms with Crippen molar-refractivity contribution in [3.63, 3.8) is 0 Å². The van der Waals surface area contributed by atoms with E-state index in [1.54, 1.807) is 12.1 Å². The van der Waals surface area contributed by atoms with E-state index in [0.717, 1.165) is 25.7 Å². The molecular weight excluding hydrogens is 250 g/mol. The Labute approximate surface area is 108 Å². The topological polar surface area (TPSA) is 66.4 Å². The first kappa shape index (κ1) is 13.5. The Hall–Kier alpha value is -0.910. The summed E-state index contributed by atoms with van der Waals surface area (Å²) in [6, 6.07) is 6.42. The number of sulfonamides is 1. The Bertz CT molecular complexity index is 475. The maximum Gasteiger partial charge on any atom is 0.240 e. The van der Waals surface area contributed by atoms with Gasteiger partial charge >= 0.3 is 0 Å². The Kier molecular flexibility index (Phi) is 4.37. The first-order valence-corrected chi connectivity index (χ1v) is 7.82. The van der Waals surface area contributed by atoms with Crippen molar-refractivity contribution in [2.45, 2.75) is 49.6 Å². The lowest BCUT2D eigenvalue weighted by Gasteiger charge is -2.22. The number of nitrogens with one attached hydrogen (secondary N) is 1. The Morgan fingerprint density at radius 3 is 2.28 bits per heavy atom. The summed E-state index contributed by atoms with van der Waals surface area (Å²) in [4.78, 5) is 0.269. The summed E-state index contributed by atoms with van der Waals surface area (Å²) in [5.41, 5.74) is 0.714. The molecule has 1 aliphatic rings. The van der Waals surface area contributed by atoms with Crippen LogP contribution in [0, 0.1) is 0 Å². The van der Waals surface area contributed by atoms with E-state index in [0.29, 0.717) is 5.56 Å². The highest BCUT2D eigenvalue weighted by Crippen LogP contribution is 2.20. The van der Waals surface area contributed by atoms with Gasteiger partial charge in [-0.15, -0.1) is 0 Å². The van der Waals surface area contributed by atoms with E-state index in [-0.39, 0.29) is 17.5 Å². The number of hydrogen-bond donors (Lipinski definition) is 2. The second-order valence-electron chi connectivity index (χ2n) is 4.76. The third kappa shape index (κ3) is 3.31. The van der Waals surface area contributed by atoms with Crippen LogP contribution < -0.4 is 4.72 Å². The van der Waals surface area contributed by atoms with Crippen molar-refractivity contribution >= 4 is 10.0 Å². The molecule has 100 valence electrons. The molecule has 18 heavy (non-hydrogen) atoms. The summed E-state index contributed by atoms with van der Waals surface area (Å²) >= 11 is 0. The highest BCUT2D eigenvalue weighted by Gasteiger charge is 2.21. The molecule has 2 rings (SSSR count). The zero-order valence-electron chi connectivity index (χ0n) is 10.3. The number of rotatable bonds is 4. The minimum Gasteiger partial charge on any atom is -0.392 e. The Morgan fingerprint density at radius 1 is 1.11 bits per heavy atom. The van der Waals surface area contributed by atoms with Gasteiger partial charge in [0, 0.05) is 6.04 Å². The normalized spacial score (nSPS) is 17.8. The van der Waals surface area contributed by atoms with E-state index in [2.05, 4.69) is 4.72 Å². The molecule has 1 aromatic carbocycles. The van der Waals surface area contributed by atoms with E-state index in [1.165, 1.54) is 18.6 Å². The maximum atomic E-state index is 12.1. The van der Waals surface area contributed by atoms with Crippen molar-refractivity contribution in [1.82, 2.24) is 4.72 Å². The minimum atomic E-state index is -3.42. The van der Waals surface area contributed by atoms with E-state index in [9.17, 15) is 8.42 Å². The van der Waals surface area contributed by atoms with Crippen molar-refractivity contribution in [3.05, 3.63) is 29.8 Å². The molecule has 5 heteroatoms. The molecule has 0 spiro atoms. The molecule has 1 saturated carbocycles. The molecule has 0 aromatic heterocycles. The predicted molar refractivity (Wildman–Crippen MR) is 69.6 cm³/mol. The standard InChI is InChI=1S/C13H19NO3S/c15-10-11-6-8-13(9-7-11)18(16,17)14-12-4-2-1-3-5-12/h6-9,12,14-15H,1-5,10H2. The average Bonchev–Trinajstić information content (AvgIpc) is 2.39. The average molecular weight is 269 g/mol. The van der Waals surface area contributed by atoms with Crippen molar-refractivity contribution in [2.75, 3.05) is 0 Å². The van der Waals surface area contributed by atoms with Crippen LogP contribution in [0.4, 0.5) is 0 Å². The third-order valence-electron chi connectivity index (χ3n) is 3.34. The van der Waals surface area contributed by atoms with Crippen molar-refractivity contribution in [3.8, 4) is 0 Å². The molecule has 0 aliphatic heterocycles. The van der Waals surface area contributed by atoms with Gasteiger partial charge < -0.3 is 5.11 Å². The van der Waals surface area contributed by atoms with Gasteiger partial charge in [0.15, 0.2) is 0 Å². The van der Waals surface area contributed by atoms with Crippen LogP contribution in [0.5, 0.6) is 0 Å². The lowest BCUT2D eigenvalue weighted by Crippen LogP contribution is -2.36. The number of aliphatic hydroxyl groups excluding tert-OH is 1. The van der Waals surface area contributed by atoms with Crippen LogP contribution in [-0.4, -0.2) is 19.6 Å². The second-order valence-corrected chi connectivity index (χ2v) is 6.47. The summed E-state index contributed by atoms with van der Waals surface area (Å²) in [5.74, 6) is 0. The van der Waals surface area contributed by atoms with Crippen LogP contribution in [0.3, 0.4) is 0 Å². The molecule has 0 saturated heterocycles. The molecule has 0 bridgehead atoms. The quantitative estimate of drug-likeness (QED) is 0.875. The Balaban J connectivity index is 2.08. The van der Waals surface area contributed by atoms with Crippen LogP contribution in [0.25, 0.3) is 0 Å². The number of benzene rings is 1. The largest absolute Gasteiger partial charge is 0.392 e. The molecule has 0 radical (unpaired) electrons. The molecule has 0 amide bonds. The van der Waals surface area contributed by atoms with Crippen LogP contribution in [0.2, 0.25) is 0 Å². The molecule has 1 fully saturated rings. The van der Waals surface area contributed by atoms with E-state index < -0.39 is 10.0 Å². The van der Waals surface area contributed by atoms with E-state index in [4.69, 9.17) is 5.11 Å². The van der Waals surface area contributed by atoms with E-state index >= 15 is 0 Å². The van der Waals surface area contributed by atoms with Crippen LogP contribution in [0.15, 0.2) is 29.2 Å². The van der Waals surface area contributed by atoms with Crippen molar-refractivity contribution in [1.29, 1.82) is 0 Å². The smallest absolute Gasteiger partial charge is 0.240 e. The van der Waals surface area contributed by atoms with Gasteiger partial charge in [-0.1, -0.05) is 31.4 Å². The fourth-order valence-electron chi connectivity index (χ4n) is 2.28. The highest BCUT2D eigenvalue weighted by molar-refractivity contribution is 7.89. The summed E-state index contributed by atoms with van der Waals surface area (Å²) in [6.07, 6.45) is 5.23. The molecule has 2 N–H and O–H groups in total. The molecule has 1 aliphatic carbocycles. The van der Waals surface area contributed by atoms with Gasteiger partial charge in [-0.25, -0.2) is 13.1 Å². The summed E-state index contributed by atoms with van der Waals surface area (Å²) in [6.45, 7) is -0.0730. The van der Waals surface area contributed by atoms with Crippen LogP contribution >= 0.6 is 0 Å². The van der Waals surface area contributed by atoms with Crippen LogP contribution in [0.1, 0.15) is 37.7 Å². The Morgan fingerprint density at radius 2 is 1.72 bits per heavy atom. The lowest BCUT2D eigenvalue weighted by molar-refractivity contribution is 0.282.